The summed E-state index contributed by atoms with van der Waals surface area (Å²) < 4.78 is 15.9. The molecule has 0 bridgehead atoms. The highest BCUT2D eigenvalue weighted by Gasteiger charge is 2.27. The molecule has 3 rings (SSSR count). The first-order valence-electron chi connectivity index (χ1n) is 8.21. The second-order valence-electron chi connectivity index (χ2n) is 5.73. The first-order chi connectivity index (χ1) is 12.2. The molecule has 1 atom stereocenters. The number of ether oxygens (including phenoxy) is 2. The van der Waals surface area contributed by atoms with Crippen LogP contribution in [0.4, 0.5) is 0 Å². The normalized spacial score (nSPS) is 17.7. The maximum Gasteiger partial charge on any atom is 0.257 e. The summed E-state index contributed by atoms with van der Waals surface area (Å²) in [7, 11) is 1.57. The van der Waals surface area contributed by atoms with Crippen LogP contribution in [0, 0.1) is 0 Å². The number of rotatable bonds is 6. The predicted octanol–water partition coefficient (Wildman–Crippen LogP) is 0.652. The molecule has 0 aromatic carbocycles. The smallest absolute Gasteiger partial charge is 0.257 e. The number of amides is 1. The molecule has 1 aliphatic heterocycles. The number of morpholine rings is 1. The van der Waals surface area contributed by atoms with E-state index in [1.54, 1.807) is 24.4 Å². The van der Waals surface area contributed by atoms with Crippen LogP contribution in [0.1, 0.15) is 34.8 Å². The van der Waals surface area contributed by atoms with Crippen molar-refractivity contribution in [3.8, 4) is 0 Å². The van der Waals surface area contributed by atoms with Crippen LogP contribution >= 0.6 is 0 Å². The quantitative estimate of drug-likeness (QED) is 0.750. The van der Waals surface area contributed by atoms with Crippen LogP contribution in [-0.4, -0.2) is 63.8 Å². The molecule has 1 saturated heterocycles. The maximum absolute atomic E-state index is 12.6. The Hall–Kier alpha value is -2.39. The molecule has 2 aromatic rings. The van der Waals surface area contributed by atoms with Gasteiger partial charge in [0.25, 0.3) is 5.91 Å². The van der Waals surface area contributed by atoms with Gasteiger partial charge >= 0.3 is 0 Å². The lowest BCUT2D eigenvalue weighted by Gasteiger charge is -2.32. The molecule has 1 amide bonds. The zero-order valence-corrected chi connectivity index (χ0v) is 14.3. The minimum atomic E-state index is -0.190. The molecule has 0 N–H and O–H groups in total. The lowest BCUT2D eigenvalue weighted by molar-refractivity contribution is -0.0237. The zero-order chi connectivity index (χ0) is 17.6. The molecule has 0 unspecified atom stereocenters. The molecule has 3 heterocycles. The summed E-state index contributed by atoms with van der Waals surface area (Å²) in [6.07, 6.45) is 4.15. The number of aryl methyl sites for hydroxylation is 1. The van der Waals surface area contributed by atoms with Crippen molar-refractivity contribution in [3.05, 3.63) is 35.5 Å². The molecule has 25 heavy (non-hydrogen) atoms. The van der Waals surface area contributed by atoms with Crippen molar-refractivity contribution in [2.75, 3.05) is 26.8 Å². The van der Waals surface area contributed by atoms with Gasteiger partial charge in [0.1, 0.15) is 12.4 Å². The van der Waals surface area contributed by atoms with Gasteiger partial charge in [0.2, 0.25) is 5.89 Å². The van der Waals surface area contributed by atoms with Gasteiger partial charge in [-0.25, -0.2) is 9.97 Å². The molecule has 9 heteroatoms. The van der Waals surface area contributed by atoms with Crippen molar-refractivity contribution in [2.24, 2.45) is 0 Å². The summed E-state index contributed by atoms with van der Waals surface area (Å²) >= 11 is 0. The van der Waals surface area contributed by atoms with Gasteiger partial charge in [0, 0.05) is 39.0 Å². The van der Waals surface area contributed by atoms with Crippen molar-refractivity contribution in [3.63, 3.8) is 0 Å². The van der Waals surface area contributed by atoms with E-state index >= 15 is 0 Å². The van der Waals surface area contributed by atoms with E-state index in [-0.39, 0.29) is 12.0 Å². The molecular formula is C16H21N5O4. The van der Waals surface area contributed by atoms with Crippen LogP contribution < -0.4 is 0 Å². The minimum Gasteiger partial charge on any atom is -0.377 e. The van der Waals surface area contributed by atoms with E-state index in [2.05, 4.69) is 20.1 Å². The van der Waals surface area contributed by atoms with Gasteiger partial charge in [0.15, 0.2) is 5.82 Å². The highest BCUT2D eigenvalue weighted by atomic mass is 16.5. The molecule has 0 radical (unpaired) electrons. The summed E-state index contributed by atoms with van der Waals surface area (Å²) in [5.74, 6) is 1.60. The van der Waals surface area contributed by atoms with Crippen LogP contribution in [-0.2, 0) is 28.9 Å². The highest BCUT2D eigenvalue weighted by Crippen LogP contribution is 2.13. The van der Waals surface area contributed by atoms with E-state index in [0.717, 1.165) is 12.2 Å². The van der Waals surface area contributed by atoms with Gasteiger partial charge in [-0.15, -0.1) is 0 Å². The van der Waals surface area contributed by atoms with Gasteiger partial charge in [-0.05, 0) is 0 Å². The minimum absolute atomic E-state index is 0.0958. The SMILES string of the molecule is CCc1ncc(C(=O)N2CCO[C@@H](Cc3nc(COC)no3)C2)cn1. The lowest BCUT2D eigenvalue weighted by Crippen LogP contribution is -2.46. The lowest BCUT2D eigenvalue weighted by atomic mass is 10.2. The fourth-order valence-electron chi connectivity index (χ4n) is 2.61. The van der Waals surface area contributed by atoms with E-state index < -0.39 is 0 Å². The first kappa shape index (κ1) is 17.4. The Morgan fingerprint density at radius 2 is 2.16 bits per heavy atom. The van der Waals surface area contributed by atoms with Crippen molar-refractivity contribution in [1.29, 1.82) is 0 Å². The van der Waals surface area contributed by atoms with Crippen molar-refractivity contribution in [1.82, 2.24) is 25.0 Å². The Labute approximate surface area is 145 Å². The van der Waals surface area contributed by atoms with Crippen molar-refractivity contribution >= 4 is 5.91 Å². The van der Waals surface area contributed by atoms with Gasteiger partial charge in [-0.2, -0.15) is 4.98 Å². The maximum atomic E-state index is 12.6. The summed E-state index contributed by atoms with van der Waals surface area (Å²) in [5, 5.41) is 3.83. The summed E-state index contributed by atoms with van der Waals surface area (Å²) in [4.78, 5) is 27.0. The first-order valence-corrected chi connectivity index (χ1v) is 8.21. The van der Waals surface area contributed by atoms with Gasteiger partial charge in [-0.1, -0.05) is 12.1 Å². The van der Waals surface area contributed by atoms with Crippen molar-refractivity contribution < 1.29 is 18.8 Å². The highest BCUT2D eigenvalue weighted by molar-refractivity contribution is 5.93. The number of carbonyl (C=O) groups excluding carboxylic acids is 1. The van der Waals surface area contributed by atoms with E-state index in [4.69, 9.17) is 14.0 Å². The summed E-state index contributed by atoms with van der Waals surface area (Å²) in [5.41, 5.74) is 0.484. The second kappa shape index (κ2) is 8.13. The molecule has 2 aromatic heterocycles. The molecule has 0 aliphatic carbocycles. The van der Waals surface area contributed by atoms with E-state index in [1.165, 1.54) is 0 Å². The summed E-state index contributed by atoms with van der Waals surface area (Å²) in [6, 6.07) is 0. The van der Waals surface area contributed by atoms with Crippen LogP contribution in [0.25, 0.3) is 0 Å². The molecule has 1 fully saturated rings. The molecule has 0 saturated carbocycles. The predicted molar refractivity (Wildman–Crippen MR) is 85.8 cm³/mol. The largest absolute Gasteiger partial charge is 0.377 e. The summed E-state index contributed by atoms with van der Waals surface area (Å²) in [6.45, 7) is 3.72. The third-order valence-corrected chi connectivity index (χ3v) is 3.88. The van der Waals surface area contributed by atoms with Gasteiger partial charge in [0.05, 0.1) is 24.7 Å². The molecular weight excluding hydrogens is 326 g/mol. The third-order valence-electron chi connectivity index (χ3n) is 3.88. The Balaban J connectivity index is 1.60. The molecule has 9 nitrogen and oxygen atoms in total. The third kappa shape index (κ3) is 4.37. The fourth-order valence-corrected chi connectivity index (χ4v) is 2.61. The molecule has 0 spiro atoms. The number of methoxy groups -OCH3 is 1. The number of carbonyl (C=O) groups is 1. The average molecular weight is 347 g/mol. The Bertz CT molecular complexity index is 703. The van der Waals surface area contributed by atoms with Crippen LogP contribution in [0.2, 0.25) is 0 Å². The topological polar surface area (TPSA) is 103 Å². The Morgan fingerprint density at radius 3 is 2.88 bits per heavy atom. The van der Waals surface area contributed by atoms with E-state index in [0.29, 0.717) is 50.0 Å². The fraction of sp³-hybridized carbons (Fsp3) is 0.562. The zero-order valence-electron chi connectivity index (χ0n) is 14.3. The standard InChI is InChI=1S/C16H21N5O4/c1-3-13-17-7-11(8-18-13)16(22)21-4-5-24-12(9-21)6-15-19-14(10-23-2)20-25-15/h7-8,12H,3-6,9-10H2,1-2H3/t12-/m0/s1. The van der Waals surface area contributed by atoms with Crippen LogP contribution in [0.3, 0.4) is 0 Å². The number of hydrogen-bond acceptors (Lipinski definition) is 8. The van der Waals surface area contributed by atoms with E-state index in [1.807, 2.05) is 6.92 Å². The van der Waals surface area contributed by atoms with E-state index in [9.17, 15) is 4.79 Å². The number of hydrogen-bond donors (Lipinski definition) is 0. The van der Waals surface area contributed by atoms with Gasteiger partial charge in [-0.3, -0.25) is 4.79 Å². The Morgan fingerprint density at radius 1 is 1.36 bits per heavy atom. The Kier molecular flexibility index (Phi) is 5.67. The number of nitrogens with zero attached hydrogens (tertiary/aromatic N) is 5. The monoisotopic (exact) mass is 347 g/mol. The average Bonchev–Trinajstić information content (AvgIpc) is 3.09. The number of aromatic nitrogens is 4. The van der Waals surface area contributed by atoms with Crippen LogP contribution in [0.5, 0.6) is 0 Å². The van der Waals surface area contributed by atoms with Gasteiger partial charge < -0.3 is 18.9 Å². The second-order valence-corrected chi connectivity index (χ2v) is 5.73. The van der Waals surface area contributed by atoms with Crippen molar-refractivity contribution in [2.45, 2.75) is 32.5 Å². The van der Waals surface area contributed by atoms with Crippen LogP contribution in [0.15, 0.2) is 16.9 Å². The molecule has 134 valence electrons. The molecule has 1 aliphatic rings.